The van der Waals surface area contributed by atoms with E-state index in [1.54, 1.807) is 0 Å². The maximum atomic E-state index is 12.8. The van der Waals surface area contributed by atoms with Gasteiger partial charge in [-0.25, -0.2) is 8.78 Å². The van der Waals surface area contributed by atoms with Gasteiger partial charge in [-0.05, 0) is 56.1 Å². The molecule has 3 aliphatic heterocycles. The summed E-state index contributed by atoms with van der Waals surface area (Å²) in [5.41, 5.74) is 2.94. The molecule has 1 atom stereocenters. The molecule has 1 aromatic heterocycles. The smallest absolute Gasteiger partial charge is 0.318 e. The van der Waals surface area contributed by atoms with E-state index in [4.69, 9.17) is 26.3 Å². The molecule has 9 nitrogen and oxygen atoms in total. The number of hydrogen-bond acceptors (Lipinski definition) is 8. The summed E-state index contributed by atoms with van der Waals surface area (Å²) in [6.07, 6.45) is 1.28. The first-order valence-electron chi connectivity index (χ1n) is 15.2. The summed E-state index contributed by atoms with van der Waals surface area (Å²) in [5.74, 6) is 0.235. The highest BCUT2D eigenvalue weighted by atomic mass is 35.5. The van der Waals surface area contributed by atoms with E-state index in [9.17, 15) is 18.8 Å². The van der Waals surface area contributed by atoms with Crippen LogP contribution in [0.15, 0.2) is 48.6 Å². The van der Waals surface area contributed by atoms with Crippen LogP contribution in [0.4, 0.5) is 20.3 Å². The SMILES string of the molecule is CN1CCC[Si]1COc1nc2c(c(N3CCN(C(=O)/C=C/C(F)F)[C@@H](CC#N)C3)n1)CCN(c1cccc3cccc(Cl)c13)C2. The number of allylic oxidation sites excluding steroid dienone is 1. The van der Waals surface area contributed by atoms with Crippen LogP contribution in [-0.2, 0) is 17.8 Å². The molecule has 6 rings (SSSR count). The van der Waals surface area contributed by atoms with Crippen molar-refractivity contribution >= 4 is 48.7 Å². The van der Waals surface area contributed by atoms with Crippen LogP contribution in [-0.4, -0.2) is 92.8 Å². The first-order chi connectivity index (χ1) is 21.8. The summed E-state index contributed by atoms with van der Waals surface area (Å²) in [6.45, 7) is 3.43. The number of fused-ring (bicyclic) bond motifs is 2. The molecule has 2 saturated heterocycles. The van der Waals surface area contributed by atoms with Gasteiger partial charge in [-0.3, -0.25) is 4.79 Å². The van der Waals surface area contributed by atoms with E-state index < -0.39 is 27.3 Å². The Hall–Kier alpha value is -3.79. The quantitative estimate of drug-likeness (QED) is 0.253. The fourth-order valence-corrected chi connectivity index (χ4v) is 8.89. The number of halogens is 3. The van der Waals surface area contributed by atoms with Crippen molar-refractivity contribution in [2.24, 2.45) is 0 Å². The van der Waals surface area contributed by atoms with Gasteiger partial charge in [0, 0.05) is 48.9 Å². The zero-order chi connectivity index (χ0) is 31.5. The Bertz CT molecular complexity index is 1630. The number of ether oxygens (including phenoxy) is 1. The van der Waals surface area contributed by atoms with Gasteiger partial charge in [-0.15, -0.1) is 0 Å². The summed E-state index contributed by atoms with van der Waals surface area (Å²) in [5, 5.41) is 12.3. The molecule has 13 heteroatoms. The fourth-order valence-electron chi connectivity index (χ4n) is 6.53. The lowest BCUT2D eigenvalue weighted by Crippen LogP contribution is -2.55. The van der Waals surface area contributed by atoms with Gasteiger partial charge in [0.1, 0.15) is 5.82 Å². The number of anilines is 2. The molecule has 1 radical (unpaired) electrons. The van der Waals surface area contributed by atoms with Gasteiger partial charge in [0.05, 0.1) is 42.0 Å². The minimum atomic E-state index is -2.72. The van der Waals surface area contributed by atoms with E-state index in [1.807, 2.05) is 18.2 Å². The van der Waals surface area contributed by atoms with Crippen LogP contribution >= 0.6 is 11.6 Å². The first-order valence-corrected chi connectivity index (χ1v) is 17.5. The molecule has 4 heterocycles. The van der Waals surface area contributed by atoms with E-state index in [-0.39, 0.29) is 13.0 Å². The molecule has 235 valence electrons. The number of aromatic nitrogens is 2. The highest BCUT2D eigenvalue weighted by Crippen LogP contribution is 2.37. The molecule has 3 aromatic rings. The van der Waals surface area contributed by atoms with Crippen molar-refractivity contribution in [1.82, 2.24) is 19.4 Å². The van der Waals surface area contributed by atoms with E-state index in [2.05, 4.69) is 45.7 Å². The number of nitriles is 1. The zero-order valence-electron chi connectivity index (χ0n) is 25.1. The second kappa shape index (κ2) is 13.7. The van der Waals surface area contributed by atoms with Crippen LogP contribution in [0.1, 0.15) is 24.1 Å². The molecule has 0 aliphatic carbocycles. The summed E-state index contributed by atoms with van der Waals surface area (Å²) >= 11 is 6.69. The zero-order valence-corrected chi connectivity index (χ0v) is 26.9. The standard InChI is InChI=1S/C32H35ClF2N7O2Si/c1-39-14-4-18-45(39)21-44-32-37-26-20-40(27-8-3-6-22-5-2-7-25(33)30(22)27)15-12-24(26)31(38-32)41-16-17-42(23(19-41)11-13-36)29(43)10-9-28(34)35/h2-3,5-10,23,28H,4,11-12,14-21H2,1H3/b10-9+/t23-/m0/s1. The van der Waals surface area contributed by atoms with Crippen LogP contribution < -0.4 is 14.5 Å². The second-order valence-electron chi connectivity index (χ2n) is 11.6. The molecule has 0 unspecified atom stereocenters. The third-order valence-electron chi connectivity index (χ3n) is 8.84. The normalized spacial score (nSPS) is 19.5. The molecular formula is C32H35ClF2N7O2Si. The van der Waals surface area contributed by atoms with E-state index in [0.29, 0.717) is 49.4 Å². The molecular weight excluding hydrogens is 616 g/mol. The number of piperazine rings is 1. The molecule has 0 saturated carbocycles. The lowest BCUT2D eigenvalue weighted by Gasteiger charge is -2.42. The lowest BCUT2D eigenvalue weighted by molar-refractivity contribution is -0.128. The first kappa shape index (κ1) is 31.2. The molecule has 2 fully saturated rings. The van der Waals surface area contributed by atoms with Gasteiger partial charge < -0.3 is 24.0 Å². The van der Waals surface area contributed by atoms with Crippen molar-refractivity contribution in [2.45, 2.75) is 44.3 Å². The van der Waals surface area contributed by atoms with Crippen molar-refractivity contribution in [1.29, 1.82) is 5.26 Å². The largest absolute Gasteiger partial charge is 0.466 e. The van der Waals surface area contributed by atoms with Gasteiger partial charge in [0.15, 0.2) is 8.96 Å². The van der Waals surface area contributed by atoms with Gasteiger partial charge in [-0.1, -0.05) is 35.9 Å². The van der Waals surface area contributed by atoms with Crippen LogP contribution in [0.5, 0.6) is 6.01 Å². The van der Waals surface area contributed by atoms with Gasteiger partial charge in [0.25, 0.3) is 6.43 Å². The van der Waals surface area contributed by atoms with Crippen molar-refractivity contribution in [3.8, 4) is 12.1 Å². The van der Waals surface area contributed by atoms with Gasteiger partial charge in [-0.2, -0.15) is 15.2 Å². The summed E-state index contributed by atoms with van der Waals surface area (Å²) in [4.78, 5) is 28.5. The number of rotatable bonds is 8. The minimum Gasteiger partial charge on any atom is -0.466 e. The summed E-state index contributed by atoms with van der Waals surface area (Å²) < 4.78 is 34.2. The highest BCUT2D eigenvalue weighted by molar-refractivity contribution is 6.56. The molecule has 1 amide bonds. The van der Waals surface area contributed by atoms with Crippen LogP contribution in [0.2, 0.25) is 11.1 Å². The monoisotopic (exact) mass is 650 g/mol. The topological polar surface area (TPSA) is 88.8 Å². The van der Waals surface area contributed by atoms with Gasteiger partial charge >= 0.3 is 6.01 Å². The third kappa shape index (κ3) is 6.76. The number of carbonyl (C=O) groups excluding carboxylic acids is 1. The lowest BCUT2D eigenvalue weighted by atomic mass is 10.0. The molecule has 0 N–H and O–H groups in total. The maximum Gasteiger partial charge on any atom is 0.318 e. The summed E-state index contributed by atoms with van der Waals surface area (Å²) in [6, 6.07) is 15.3. The number of carbonyl (C=O) groups is 1. The van der Waals surface area contributed by atoms with Crippen LogP contribution in [0.25, 0.3) is 10.8 Å². The second-order valence-corrected chi connectivity index (χ2v) is 14.7. The van der Waals surface area contributed by atoms with E-state index >= 15 is 0 Å². The van der Waals surface area contributed by atoms with Crippen molar-refractivity contribution in [3.63, 3.8) is 0 Å². The van der Waals surface area contributed by atoms with Crippen molar-refractivity contribution < 1.29 is 18.3 Å². The number of amides is 1. The molecule has 2 aromatic carbocycles. The predicted octanol–water partition coefficient (Wildman–Crippen LogP) is 4.84. The average Bonchev–Trinajstić information content (AvgIpc) is 3.46. The van der Waals surface area contributed by atoms with E-state index in [1.165, 1.54) is 11.3 Å². The van der Waals surface area contributed by atoms with Gasteiger partial charge in [0.2, 0.25) is 5.91 Å². The predicted molar refractivity (Wildman–Crippen MR) is 172 cm³/mol. The number of alkyl halides is 2. The van der Waals surface area contributed by atoms with Crippen molar-refractivity contribution in [3.05, 3.63) is 64.8 Å². The Morgan fingerprint density at radius 2 is 2.00 bits per heavy atom. The maximum absolute atomic E-state index is 12.8. The van der Waals surface area contributed by atoms with Crippen molar-refractivity contribution in [2.75, 3.05) is 55.8 Å². The summed E-state index contributed by atoms with van der Waals surface area (Å²) in [7, 11) is 1.32. The minimum absolute atomic E-state index is 0.0785. The average molecular weight is 651 g/mol. The molecule has 3 aliphatic rings. The Labute approximate surface area is 268 Å². The molecule has 0 spiro atoms. The van der Waals surface area contributed by atoms with Crippen LogP contribution in [0, 0.1) is 11.3 Å². The molecule has 45 heavy (non-hydrogen) atoms. The van der Waals surface area contributed by atoms with Crippen LogP contribution in [0.3, 0.4) is 0 Å². The number of benzene rings is 2. The molecule has 0 bridgehead atoms. The number of nitrogens with zero attached hydrogens (tertiary/aromatic N) is 7. The highest BCUT2D eigenvalue weighted by Gasteiger charge is 2.34. The Balaban J connectivity index is 1.32. The number of hydrogen-bond donors (Lipinski definition) is 0. The fraction of sp³-hybridized carbons (Fsp3) is 0.438. The van der Waals surface area contributed by atoms with E-state index in [0.717, 1.165) is 58.7 Å². The Kier molecular flexibility index (Phi) is 9.49. The third-order valence-corrected chi connectivity index (χ3v) is 11.9. The Morgan fingerprint density at radius 1 is 1.18 bits per heavy atom. The Morgan fingerprint density at radius 3 is 2.76 bits per heavy atom.